The minimum Gasteiger partial charge on any atom is -0.475 e. The molecule has 0 spiro atoms. The van der Waals surface area contributed by atoms with Crippen LogP contribution in [-0.4, -0.2) is 35.3 Å². The lowest BCUT2D eigenvalue weighted by Gasteiger charge is -2.28. The molecule has 0 radical (unpaired) electrons. The Morgan fingerprint density at radius 2 is 1.56 bits per heavy atom. The lowest BCUT2D eigenvalue weighted by Crippen LogP contribution is -2.30. The molecule has 148 valence electrons. The van der Waals surface area contributed by atoms with E-state index >= 15 is 0 Å². The van der Waals surface area contributed by atoms with Gasteiger partial charge in [-0.15, -0.1) is 0 Å². The highest BCUT2D eigenvalue weighted by Gasteiger charge is 2.38. The Balaban J connectivity index is 0.000000321. The van der Waals surface area contributed by atoms with E-state index in [-0.39, 0.29) is 5.39 Å². The van der Waals surface area contributed by atoms with Gasteiger partial charge >= 0.3 is 18.3 Å². The maximum Gasteiger partial charge on any atom is 0.490 e. The van der Waals surface area contributed by atoms with Crippen LogP contribution in [0.15, 0.2) is 30.3 Å². The van der Waals surface area contributed by atoms with Crippen molar-refractivity contribution in [2.75, 3.05) is 18.0 Å². The lowest BCUT2D eigenvalue weighted by molar-refractivity contribution is -0.192. The number of pyridine rings is 1. The summed E-state index contributed by atoms with van der Waals surface area (Å²) in [6, 6.07) is 7.63. The summed E-state index contributed by atoms with van der Waals surface area (Å²) in [4.78, 5) is 15.2. The molecule has 0 atom stereocenters. The van der Waals surface area contributed by atoms with Crippen LogP contribution in [0.1, 0.15) is 24.8 Å². The van der Waals surface area contributed by atoms with Gasteiger partial charge in [0.2, 0.25) is 0 Å². The fraction of sp³-hybridized carbons (Fsp3) is 0.412. The van der Waals surface area contributed by atoms with E-state index in [0.717, 1.165) is 32.4 Å². The van der Waals surface area contributed by atoms with Gasteiger partial charge in [0, 0.05) is 18.5 Å². The minimum absolute atomic E-state index is 0.167. The van der Waals surface area contributed by atoms with Crippen molar-refractivity contribution in [1.82, 2.24) is 4.98 Å². The average Bonchev–Trinajstić information content (AvgIpc) is 2.60. The SMILES string of the molecule is FC(F)(F)c1cc(N2CCCCC2)nc2ccccc12.O=C(O)C(F)(F)F. The van der Waals surface area contributed by atoms with E-state index < -0.39 is 23.9 Å². The van der Waals surface area contributed by atoms with Crippen LogP contribution >= 0.6 is 0 Å². The largest absolute Gasteiger partial charge is 0.490 e. The topological polar surface area (TPSA) is 53.4 Å². The molecule has 4 nitrogen and oxygen atoms in total. The molecule has 0 amide bonds. The average molecular weight is 394 g/mol. The molecule has 0 aliphatic carbocycles. The van der Waals surface area contributed by atoms with Gasteiger partial charge in [-0.25, -0.2) is 9.78 Å². The predicted octanol–water partition coefficient (Wildman–Crippen LogP) is 4.88. The number of benzene rings is 1. The third-order valence-electron chi connectivity index (χ3n) is 3.93. The molecule has 0 saturated carbocycles. The summed E-state index contributed by atoms with van der Waals surface area (Å²) in [5, 5.41) is 7.29. The van der Waals surface area contributed by atoms with Crippen molar-refractivity contribution in [2.45, 2.75) is 31.6 Å². The van der Waals surface area contributed by atoms with Crippen molar-refractivity contribution in [2.24, 2.45) is 0 Å². The van der Waals surface area contributed by atoms with Crippen molar-refractivity contribution in [3.05, 3.63) is 35.9 Å². The number of hydrogen-bond donors (Lipinski definition) is 1. The number of carbonyl (C=O) groups is 1. The molecule has 0 unspecified atom stereocenters. The van der Waals surface area contributed by atoms with Gasteiger partial charge in [0.1, 0.15) is 5.82 Å². The highest BCUT2D eigenvalue weighted by molar-refractivity contribution is 5.84. The van der Waals surface area contributed by atoms with Crippen molar-refractivity contribution >= 4 is 22.7 Å². The summed E-state index contributed by atoms with van der Waals surface area (Å²) in [6.07, 6.45) is -6.28. The molecule has 1 aliphatic rings. The maximum atomic E-state index is 13.2. The highest BCUT2D eigenvalue weighted by Crippen LogP contribution is 2.36. The summed E-state index contributed by atoms with van der Waals surface area (Å²) in [6.45, 7) is 1.56. The molecule has 1 saturated heterocycles. The number of piperidine rings is 1. The highest BCUT2D eigenvalue weighted by atomic mass is 19.4. The van der Waals surface area contributed by atoms with Crippen LogP contribution in [-0.2, 0) is 11.0 Å². The van der Waals surface area contributed by atoms with E-state index in [2.05, 4.69) is 4.98 Å². The summed E-state index contributed by atoms with van der Waals surface area (Å²) in [5.41, 5.74) is -0.188. The van der Waals surface area contributed by atoms with Crippen molar-refractivity contribution in [1.29, 1.82) is 0 Å². The van der Waals surface area contributed by atoms with E-state index in [9.17, 15) is 26.3 Å². The van der Waals surface area contributed by atoms with Crippen LogP contribution in [0.25, 0.3) is 10.9 Å². The molecule has 1 aromatic carbocycles. The molecule has 1 fully saturated rings. The van der Waals surface area contributed by atoms with Crippen molar-refractivity contribution in [3.63, 3.8) is 0 Å². The third-order valence-corrected chi connectivity index (χ3v) is 3.93. The Labute approximate surface area is 150 Å². The monoisotopic (exact) mass is 394 g/mol. The van der Waals surface area contributed by atoms with E-state index in [1.165, 1.54) is 12.1 Å². The van der Waals surface area contributed by atoms with Crippen LogP contribution in [0.2, 0.25) is 0 Å². The third kappa shape index (κ3) is 5.48. The summed E-state index contributed by atoms with van der Waals surface area (Å²) in [5.74, 6) is -2.32. The number of halogens is 6. The number of para-hydroxylation sites is 1. The number of fused-ring (bicyclic) bond motifs is 1. The van der Waals surface area contributed by atoms with Crippen molar-refractivity contribution < 1.29 is 36.2 Å². The van der Waals surface area contributed by atoms with Crippen LogP contribution in [0, 0.1) is 0 Å². The second-order valence-corrected chi connectivity index (χ2v) is 5.89. The van der Waals surface area contributed by atoms with E-state index in [4.69, 9.17) is 9.90 Å². The first kappa shape index (κ1) is 20.8. The zero-order chi connectivity index (χ0) is 20.2. The molecular formula is C17H16F6N2O2. The molecule has 0 bridgehead atoms. The first-order valence-electron chi connectivity index (χ1n) is 8.02. The summed E-state index contributed by atoms with van der Waals surface area (Å²) in [7, 11) is 0. The van der Waals surface area contributed by atoms with Crippen LogP contribution in [0.5, 0.6) is 0 Å². The number of anilines is 1. The number of hydrogen-bond acceptors (Lipinski definition) is 3. The Hall–Kier alpha value is -2.52. The fourth-order valence-corrected chi connectivity index (χ4v) is 2.68. The number of alkyl halides is 6. The van der Waals surface area contributed by atoms with Gasteiger partial charge in [-0.2, -0.15) is 26.3 Å². The Morgan fingerprint density at radius 1 is 1.00 bits per heavy atom. The maximum absolute atomic E-state index is 13.2. The van der Waals surface area contributed by atoms with Gasteiger partial charge in [-0.1, -0.05) is 18.2 Å². The Morgan fingerprint density at radius 3 is 2.07 bits per heavy atom. The van der Waals surface area contributed by atoms with Crippen molar-refractivity contribution in [3.8, 4) is 0 Å². The van der Waals surface area contributed by atoms with Gasteiger partial charge in [0.15, 0.2) is 0 Å². The summed E-state index contributed by atoms with van der Waals surface area (Å²) < 4.78 is 71.4. The van der Waals surface area contributed by atoms with E-state index in [1.807, 2.05) is 4.90 Å². The zero-order valence-electron chi connectivity index (χ0n) is 13.9. The second kappa shape index (κ2) is 8.01. The second-order valence-electron chi connectivity index (χ2n) is 5.89. The van der Waals surface area contributed by atoms with Crippen LogP contribution in [0.3, 0.4) is 0 Å². The number of nitrogens with zero attached hydrogens (tertiary/aromatic N) is 2. The molecule has 3 rings (SSSR count). The van der Waals surface area contributed by atoms with Gasteiger partial charge in [0.25, 0.3) is 0 Å². The van der Waals surface area contributed by atoms with E-state index in [1.54, 1.807) is 18.2 Å². The van der Waals surface area contributed by atoms with Crippen LogP contribution in [0.4, 0.5) is 32.2 Å². The minimum atomic E-state index is -5.08. The molecule has 1 N–H and O–H groups in total. The Kier molecular flexibility index (Phi) is 6.17. The number of aromatic nitrogens is 1. The number of carboxylic acids is 1. The molecule has 1 aliphatic heterocycles. The normalized spacial score (nSPS) is 15.3. The smallest absolute Gasteiger partial charge is 0.475 e. The molecular weight excluding hydrogens is 378 g/mol. The molecule has 2 aromatic rings. The zero-order valence-corrected chi connectivity index (χ0v) is 13.9. The molecule has 2 heterocycles. The number of rotatable bonds is 1. The Bertz CT molecular complexity index is 798. The fourth-order valence-electron chi connectivity index (χ4n) is 2.68. The number of carboxylic acid groups (broad SMARTS) is 1. The van der Waals surface area contributed by atoms with Gasteiger partial charge in [-0.3, -0.25) is 0 Å². The van der Waals surface area contributed by atoms with Gasteiger partial charge in [-0.05, 0) is 31.4 Å². The standard InChI is InChI=1S/C15H15F3N2.C2HF3O2/c16-15(17,18)12-10-14(20-8-4-1-5-9-20)19-13-7-3-2-6-11(12)13;3-2(4,5)1(6)7/h2-3,6-7,10H,1,4-5,8-9H2;(H,6,7). The number of aliphatic carboxylic acids is 1. The van der Waals surface area contributed by atoms with E-state index in [0.29, 0.717) is 11.3 Å². The predicted molar refractivity (Wildman–Crippen MR) is 86.5 cm³/mol. The molecule has 1 aromatic heterocycles. The molecule has 10 heteroatoms. The molecule has 27 heavy (non-hydrogen) atoms. The first-order valence-corrected chi connectivity index (χ1v) is 8.02. The van der Waals surface area contributed by atoms with Gasteiger partial charge < -0.3 is 10.0 Å². The lowest BCUT2D eigenvalue weighted by atomic mass is 10.1. The summed E-state index contributed by atoms with van der Waals surface area (Å²) >= 11 is 0. The quantitative estimate of drug-likeness (QED) is 0.701. The van der Waals surface area contributed by atoms with Crippen LogP contribution < -0.4 is 4.90 Å². The first-order chi connectivity index (χ1) is 12.5. The van der Waals surface area contributed by atoms with Gasteiger partial charge in [0.05, 0.1) is 11.1 Å².